The molecule has 0 radical (unpaired) electrons. The third kappa shape index (κ3) is 5.83. The smallest absolute Gasteiger partial charge is 0.0195 e. The summed E-state index contributed by atoms with van der Waals surface area (Å²) in [5.74, 6) is 0.767. The van der Waals surface area contributed by atoms with Crippen LogP contribution < -0.4 is 5.32 Å². The van der Waals surface area contributed by atoms with Crippen molar-refractivity contribution in [2.24, 2.45) is 5.92 Å². The second kappa shape index (κ2) is 7.25. The van der Waals surface area contributed by atoms with Gasteiger partial charge in [-0.3, -0.25) is 0 Å². The second-order valence-electron chi connectivity index (χ2n) is 5.75. The van der Waals surface area contributed by atoms with Crippen molar-refractivity contribution in [2.45, 2.75) is 32.7 Å². The summed E-state index contributed by atoms with van der Waals surface area (Å²) < 4.78 is 0. The first kappa shape index (κ1) is 13.9. The van der Waals surface area contributed by atoms with Crippen LogP contribution in [0, 0.1) is 5.92 Å². The third-order valence-corrected chi connectivity index (χ3v) is 3.13. The summed E-state index contributed by atoms with van der Waals surface area (Å²) in [6.07, 6.45) is 2.71. The Kier molecular flexibility index (Phi) is 6.32. The molecule has 3 heteroatoms. The second-order valence-corrected chi connectivity index (χ2v) is 5.75. The van der Waals surface area contributed by atoms with E-state index in [2.05, 4.69) is 43.1 Å². The molecule has 0 aromatic carbocycles. The Morgan fingerprint density at radius 3 is 2.50 bits per heavy atom. The van der Waals surface area contributed by atoms with Crippen molar-refractivity contribution < 1.29 is 0 Å². The SMILES string of the molecule is CC(C)CN(CCN(C)C)CC1CCCN1. The van der Waals surface area contributed by atoms with Crippen molar-refractivity contribution in [1.29, 1.82) is 0 Å². The van der Waals surface area contributed by atoms with E-state index in [1.54, 1.807) is 0 Å². The summed E-state index contributed by atoms with van der Waals surface area (Å²) in [5.41, 5.74) is 0. The predicted octanol–water partition coefficient (Wildman–Crippen LogP) is 1.26. The first-order chi connectivity index (χ1) is 7.58. The van der Waals surface area contributed by atoms with Gasteiger partial charge in [0.05, 0.1) is 0 Å². The molecule has 1 aliphatic rings. The quantitative estimate of drug-likeness (QED) is 0.706. The summed E-state index contributed by atoms with van der Waals surface area (Å²) in [5, 5.41) is 3.59. The van der Waals surface area contributed by atoms with Crippen LogP contribution in [0.25, 0.3) is 0 Å². The van der Waals surface area contributed by atoms with E-state index in [0.29, 0.717) is 0 Å². The molecule has 1 rings (SSSR count). The summed E-state index contributed by atoms with van der Waals surface area (Å²) in [6, 6.07) is 0.737. The van der Waals surface area contributed by atoms with Crippen LogP contribution in [0.3, 0.4) is 0 Å². The van der Waals surface area contributed by atoms with Crippen LogP contribution >= 0.6 is 0 Å². The van der Waals surface area contributed by atoms with Gasteiger partial charge in [0, 0.05) is 32.2 Å². The summed E-state index contributed by atoms with van der Waals surface area (Å²) in [6.45, 7) is 10.7. The molecule has 1 aliphatic heterocycles. The number of nitrogens with zero attached hydrogens (tertiary/aromatic N) is 2. The van der Waals surface area contributed by atoms with E-state index in [1.807, 2.05) is 0 Å². The molecule has 1 unspecified atom stereocenters. The molecule has 1 atom stereocenters. The highest BCUT2D eigenvalue weighted by Crippen LogP contribution is 2.08. The molecule has 96 valence electrons. The standard InChI is InChI=1S/C13H29N3/c1-12(2)10-16(9-8-15(3)4)11-13-6-5-7-14-13/h12-14H,5-11H2,1-4H3. The molecule has 1 N–H and O–H groups in total. The van der Waals surface area contributed by atoms with Crippen molar-refractivity contribution in [3.63, 3.8) is 0 Å². The minimum Gasteiger partial charge on any atom is -0.313 e. The maximum absolute atomic E-state index is 3.59. The Hall–Kier alpha value is -0.120. The Morgan fingerprint density at radius 1 is 1.25 bits per heavy atom. The molecule has 0 aromatic heterocycles. The van der Waals surface area contributed by atoms with Crippen LogP contribution in [0.4, 0.5) is 0 Å². The zero-order valence-electron chi connectivity index (χ0n) is 11.5. The number of likely N-dealkylation sites (N-methyl/N-ethyl adjacent to an activating group) is 1. The van der Waals surface area contributed by atoms with Crippen LogP contribution in [0.15, 0.2) is 0 Å². The number of hydrogen-bond donors (Lipinski definition) is 1. The molecule has 1 fully saturated rings. The maximum atomic E-state index is 3.59. The van der Waals surface area contributed by atoms with Gasteiger partial charge in [-0.15, -0.1) is 0 Å². The van der Waals surface area contributed by atoms with Crippen molar-refractivity contribution in [2.75, 3.05) is 46.8 Å². The first-order valence-corrected chi connectivity index (χ1v) is 6.68. The van der Waals surface area contributed by atoms with Gasteiger partial charge >= 0.3 is 0 Å². The fourth-order valence-corrected chi connectivity index (χ4v) is 2.34. The van der Waals surface area contributed by atoms with Crippen LogP contribution in [-0.2, 0) is 0 Å². The van der Waals surface area contributed by atoms with Crippen LogP contribution in [-0.4, -0.2) is 62.7 Å². The highest BCUT2D eigenvalue weighted by molar-refractivity contribution is 4.78. The van der Waals surface area contributed by atoms with Crippen LogP contribution in [0.5, 0.6) is 0 Å². The van der Waals surface area contributed by atoms with E-state index in [0.717, 1.165) is 12.0 Å². The van der Waals surface area contributed by atoms with Crippen molar-refractivity contribution in [3.05, 3.63) is 0 Å². The van der Waals surface area contributed by atoms with Gasteiger partial charge in [0.2, 0.25) is 0 Å². The lowest BCUT2D eigenvalue weighted by Crippen LogP contribution is -2.42. The zero-order valence-corrected chi connectivity index (χ0v) is 11.5. The molecule has 0 amide bonds. The van der Waals surface area contributed by atoms with Crippen molar-refractivity contribution in [3.8, 4) is 0 Å². The normalized spacial score (nSPS) is 21.6. The van der Waals surface area contributed by atoms with Gasteiger partial charge in [-0.1, -0.05) is 13.8 Å². The molecule has 0 aromatic rings. The Morgan fingerprint density at radius 2 is 2.00 bits per heavy atom. The molecular weight excluding hydrogens is 198 g/mol. The average molecular weight is 227 g/mol. The Balaban J connectivity index is 2.29. The lowest BCUT2D eigenvalue weighted by atomic mass is 10.1. The lowest BCUT2D eigenvalue weighted by Gasteiger charge is -2.28. The predicted molar refractivity (Wildman–Crippen MR) is 70.9 cm³/mol. The van der Waals surface area contributed by atoms with Crippen molar-refractivity contribution >= 4 is 0 Å². The van der Waals surface area contributed by atoms with Gasteiger partial charge in [-0.05, 0) is 39.4 Å². The number of nitrogens with one attached hydrogen (secondary N) is 1. The molecule has 16 heavy (non-hydrogen) atoms. The average Bonchev–Trinajstić information content (AvgIpc) is 2.66. The molecular formula is C13H29N3. The summed E-state index contributed by atoms with van der Waals surface area (Å²) in [7, 11) is 4.31. The summed E-state index contributed by atoms with van der Waals surface area (Å²) in [4.78, 5) is 4.89. The lowest BCUT2D eigenvalue weighted by molar-refractivity contribution is 0.203. The molecule has 3 nitrogen and oxygen atoms in total. The van der Waals surface area contributed by atoms with E-state index in [1.165, 1.54) is 45.6 Å². The topological polar surface area (TPSA) is 18.5 Å². The summed E-state index contributed by atoms with van der Waals surface area (Å²) >= 11 is 0. The van der Waals surface area contributed by atoms with E-state index in [-0.39, 0.29) is 0 Å². The fourth-order valence-electron chi connectivity index (χ4n) is 2.34. The monoisotopic (exact) mass is 227 g/mol. The van der Waals surface area contributed by atoms with E-state index >= 15 is 0 Å². The molecule has 0 spiro atoms. The van der Waals surface area contributed by atoms with Crippen LogP contribution in [0.1, 0.15) is 26.7 Å². The molecule has 0 bridgehead atoms. The van der Waals surface area contributed by atoms with Gasteiger partial charge < -0.3 is 15.1 Å². The number of hydrogen-bond acceptors (Lipinski definition) is 3. The molecule has 1 saturated heterocycles. The number of rotatable bonds is 7. The zero-order chi connectivity index (χ0) is 12.0. The third-order valence-electron chi connectivity index (χ3n) is 3.13. The van der Waals surface area contributed by atoms with Gasteiger partial charge in [-0.2, -0.15) is 0 Å². The van der Waals surface area contributed by atoms with Gasteiger partial charge in [0.1, 0.15) is 0 Å². The highest BCUT2D eigenvalue weighted by atomic mass is 15.2. The molecule has 0 aliphatic carbocycles. The van der Waals surface area contributed by atoms with Gasteiger partial charge in [-0.25, -0.2) is 0 Å². The minimum atomic E-state index is 0.737. The van der Waals surface area contributed by atoms with E-state index in [9.17, 15) is 0 Å². The minimum absolute atomic E-state index is 0.737. The van der Waals surface area contributed by atoms with Crippen molar-refractivity contribution in [1.82, 2.24) is 15.1 Å². The Labute approximate surface area is 101 Å². The maximum Gasteiger partial charge on any atom is 0.0195 e. The van der Waals surface area contributed by atoms with Gasteiger partial charge in [0.25, 0.3) is 0 Å². The first-order valence-electron chi connectivity index (χ1n) is 6.68. The van der Waals surface area contributed by atoms with Gasteiger partial charge in [0.15, 0.2) is 0 Å². The highest BCUT2D eigenvalue weighted by Gasteiger charge is 2.18. The van der Waals surface area contributed by atoms with E-state index < -0.39 is 0 Å². The molecule has 1 heterocycles. The fraction of sp³-hybridized carbons (Fsp3) is 1.00. The Bertz CT molecular complexity index is 174. The molecule has 0 saturated carbocycles. The van der Waals surface area contributed by atoms with Crippen LogP contribution in [0.2, 0.25) is 0 Å². The largest absolute Gasteiger partial charge is 0.313 e. The van der Waals surface area contributed by atoms with E-state index in [4.69, 9.17) is 0 Å².